The Labute approximate surface area is 220 Å². The van der Waals surface area contributed by atoms with Crippen molar-refractivity contribution in [3.63, 3.8) is 0 Å². The second-order valence-corrected chi connectivity index (χ2v) is 8.44. The second-order valence-electron chi connectivity index (χ2n) is 8.44. The first-order chi connectivity index (χ1) is 18.8. The van der Waals surface area contributed by atoms with Crippen molar-refractivity contribution >= 4 is 22.6 Å². The summed E-state index contributed by atoms with van der Waals surface area (Å²) in [5, 5.41) is 2.49. The monoisotopic (exact) mass is 531 g/mol. The van der Waals surface area contributed by atoms with Crippen LogP contribution in [0.2, 0.25) is 0 Å². The number of hydrogen-bond donors (Lipinski definition) is 1. The van der Waals surface area contributed by atoms with E-state index in [0.29, 0.717) is 5.69 Å². The van der Waals surface area contributed by atoms with E-state index in [1.807, 2.05) is 30.3 Å². The molecular formula is C30H20F3NO5. The van der Waals surface area contributed by atoms with Gasteiger partial charge in [0.1, 0.15) is 17.1 Å². The fourth-order valence-corrected chi connectivity index (χ4v) is 3.86. The molecule has 1 heterocycles. The number of para-hydroxylation sites is 1. The highest BCUT2D eigenvalue weighted by atomic mass is 19.4. The molecule has 1 N–H and O–H groups in total. The van der Waals surface area contributed by atoms with E-state index in [2.05, 4.69) is 5.32 Å². The number of carbonyl (C=O) groups is 1. The van der Waals surface area contributed by atoms with E-state index in [4.69, 9.17) is 13.9 Å². The Morgan fingerprint density at radius 2 is 1.41 bits per heavy atom. The summed E-state index contributed by atoms with van der Waals surface area (Å²) < 4.78 is 57.7. The van der Waals surface area contributed by atoms with Crippen LogP contribution in [0.15, 0.2) is 112 Å². The molecule has 1 aromatic heterocycles. The van der Waals surface area contributed by atoms with Gasteiger partial charge in [0.15, 0.2) is 6.61 Å². The molecule has 0 bridgehead atoms. The minimum Gasteiger partial charge on any atom is -0.484 e. The van der Waals surface area contributed by atoms with Gasteiger partial charge >= 0.3 is 6.18 Å². The van der Waals surface area contributed by atoms with E-state index < -0.39 is 35.6 Å². The molecule has 6 nitrogen and oxygen atoms in total. The van der Waals surface area contributed by atoms with Crippen LogP contribution >= 0.6 is 0 Å². The lowest BCUT2D eigenvalue weighted by Gasteiger charge is -2.14. The van der Waals surface area contributed by atoms with Gasteiger partial charge in [0.25, 0.3) is 11.7 Å². The number of carbonyl (C=O) groups excluding carboxylic acids is 1. The lowest BCUT2D eigenvalue weighted by Crippen LogP contribution is -2.20. The van der Waals surface area contributed by atoms with Gasteiger partial charge in [-0.3, -0.25) is 9.59 Å². The highest BCUT2D eigenvalue weighted by Gasteiger charge is 2.40. The van der Waals surface area contributed by atoms with E-state index in [0.717, 1.165) is 17.2 Å². The lowest BCUT2D eigenvalue weighted by molar-refractivity contribution is -0.154. The first-order valence-electron chi connectivity index (χ1n) is 11.8. The van der Waals surface area contributed by atoms with Crippen LogP contribution in [0.4, 0.5) is 18.9 Å². The maximum atomic E-state index is 13.9. The van der Waals surface area contributed by atoms with Crippen LogP contribution in [-0.2, 0) is 11.0 Å². The third kappa shape index (κ3) is 5.93. The van der Waals surface area contributed by atoms with Gasteiger partial charge in [-0.1, -0.05) is 60.7 Å². The van der Waals surface area contributed by atoms with Crippen LogP contribution < -0.4 is 20.2 Å². The van der Waals surface area contributed by atoms with Crippen LogP contribution in [0, 0.1) is 0 Å². The van der Waals surface area contributed by atoms with Crippen molar-refractivity contribution in [2.75, 3.05) is 11.9 Å². The van der Waals surface area contributed by atoms with Crippen molar-refractivity contribution in [2.45, 2.75) is 6.18 Å². The average molecular weight is 531 g/mol. The molecule has 0 spiro atoms. The van der Waals surface area contributed by atoms with Crippen molar-refractivity contribution in [3.05, 3.63) is 119 Å². The van der Waals surface area contributed by atoms with Crippen molar-refractivity contribution in [1.82, 2.24) is 0 Å². The molecule has 0 saturated carbocycles. The molecule has 1 amide bonds. The molecule has 196 valence electrons. The molecule has 5 rings (SSSR count). The number of alkyl halides is 3. The smallest absolute Gasteiger partial charge is 0.453 e. The van der Waals surface area contributed by atoms with Gasteiger partial charge < -0.3 is 19.2 Å². The Balaban J connectivity index is 1.40. The summed E-state index contributed by atoms with van der Waals surface area (Å²) >= 11 is 0. The standard InChI is InChI=1S/C30H20F3NO5/c31-30(32,33)29-28(38-22-13-11-20(12-14-22)19-7-3-1-4-8-19)27(36)24-16-15-23(17-25(24)39-29)37-18-26(35)34-21-9-5-2-6-10-21/h1-17H,18H2,(H,34,35). The zero-order chi connectivity index (χ0) is 27.4. The SMILES string of the molecule is O=C(COc1ccc2c(=O)c(Oc3ccc(-c4ccccc4)cc3)c(C(F)(F)F)oc2c1)Nc1ccccc1. The molecule has 0 fully saturated rings. The molecule has 5 aromatic rings. The molecule has 0 radical (unpaired) electrons. The second kappa shape index (κ2) is 10.7. The number of rotatable bonds is 7. The van der Waals surface area contributed by atoms with Gasteiger partial charge in [0.05, 0.1) is 5.39 Å². The van der Waals surface area contributed by atoms with Crippen molar-refractivity contribution in [1.29, 1.82) is 0 Å². The number of ether oxygens (including phenoxy) is 2. The quantitative estimate of drug-likeness (QED) is 0.239. The number of hydrogen-bond acceptors (Lipinski definition) is 5. The summed E-state index contributed by atoms with van der Waals surface area (Å²) in [4.78, 5) is 25.2. The van der Waals surface area contributed by atoms with Crippen LogP contribution in [0.1, 0.15) is 5.76 Å². The van der Waals surface area contributed by atoms with Crippen molar-refractivity contribution < 1.29 is 31.9 Å². The Bertz CT molecular complexity index is 1670. The summed E-state index contributed by atoms with van der Waals surface area (Å²) in [5.74, 6) is -2.94. The molecule has 0 saturated heterocycles. The van der Waals surface area contributed by atoms with Crippen LogP contribution in [0.25, 0.3) is 22.1 Å². The van der Waals surface area contributed by atoms with Gasteiger partial charge in [-0.15, -0.1) is 0 Å². The predicted molar refractivity (Wildman–Crippen MR) is 140 cm³/mol. The molecule has 0 aliphatic rings. The minimum atomic E-state index is -5.01. The number of amides is 1. The summed E-state index contributed by atoms with van der Waals surface area (Å²) in [6.07, 6.45) is -5.01. The number of halogens is 3. The summed E-state index contributed by atoms with van der Waals surface area (Å²) in [6.45, 7) is -0.406. The highest BCUT2D eigenvalue weighted by molar-refractivity contribution is 5.92. The molecular weight excluding hydrogens is 511 g/mol. The Morgan fingerprint density at radius 3 is 2.08 bits per heavy atom. The molecule has 4 aromatic carbocycles. The number of benzene rings is 4. The summed E-state index contributed by atoms with van der Waals surface area (Å²) in [7, 11) is 0. The Morgan fingerprint density at radius 1 is 0.795 bits per heavy atom. The third-order valence-corrected chi connectivity index (χ3v) is 5.69. The molecule has 9 heteroatoms. The van der Waals surface area contributed by atoms with Crippen LogP contribution in [-0.4, -0.2) is 12.5 Å². The van der Waals surface area contributed by atoms with E-state index in [-0.39, 0.29) is 22.5 Å². The Hall–Kier alpha value is -5.05. The van der Waals surface area contributed by atoms with Crippen molar-refractivity contribution in [3.8, 4) is 28.4 Å². The van der Waals surface area contributed by atoms with Crippen LogP contribution in [0.3, 0.4) is 0 Å². The topological polar surface area (TPSA) is 77.8 Å². The zero-order valence-corrected chi connectivity index (χ0v) is 20.2. The highest BCUT2D eigenvalue weighted by Crippen LogP contribution is 2.39. The molecule has 0 unspecified atom stereocenters. The lowest BCUT2D eigenvalue weighted by atomic mass is 10.1. The fraction of sp³-hybridized carbons (Fsp3) is 0.0667. The van der Waals surface area contributed by atoms with E-state index in [1.165, 1.54) is 24.3 Å². The van der Waals surface area contributed by atoms with Gasteiger partial charge in [0.2, 0.25) is 11.2 Å². The zero-order valence-electron chi connectivity index (χ0n) is 20.2. The normalized spacial score (nSPS) is 11.3. The first kappa shape index (κ1) is 25.6. The van der Waals surface area contributed by atoms with E-state index >= 15 is 0 Å². The van der Waals surface area contributed by atoms with E-state index in [9.17, 15) is 22.8 Å². The number of anilines is 1. The first-order valence-corrected chi connectivity index (χ1v) is 11.8. The van der Waals surface area contributed by atoms with Gasteiger partial charge in [-0.05, 0) is 47.5 Å². The third-order valence-electron chi connectivity index (χ3n) is 5.69. The van der Waals surface area contributed by atoms with E-state index in [1.54, 1.807) is 42.5 Å². The Kier molecular flexibility index (Phi) is 7.05. The summed E-state index contributed by atoms with van der Waals surface area (Å²) in [6, 6.07) is 28.1. The number of nitrogens with one attached hydrogen (secondary N) is 1. The van der Waals surface area contributed by atoms with Crippen molar-refractivity contribution in [2.24, 2.45) is 0 Å². The predicted octanol–water partition coefficient (Wildman–Crippen LogP) is 7.29. The van der Waals surface area contributed by atoms with Crippen LogP contribution in [0.5, 0.6) is 17.2 Å². The maximum absolute atomic E-state index is 13.9. The molecule has 0 aliphatic heterocycles. The largest absolute Gasteiger partial charge is 0.484 e. The molecule has 0 atom stereocenters. The maximum Gasteiger partial charge on any atom is 0.453 e. The van der Waals surface area contributed by atoms with Gasteiger partial charge in [0, 0.05) is 11.8 Å². The summed E-state index contributed by atoms with van der Waals surface area (Å²) in [5.41, 5.74) is 0.951. The molecule has 0 aliphatic carbocycles. The van der Waals surface area contributed by atoms with Gasteiger partial charge in [-0.25, -0.2) is 0 Å². The minimum absolute atomic E-state index is 0.0382. The molecule has 39 heavy (non-hydrogen) atoms. The average Bonchev–Trinajstić information content (AvgIpc) is 2.94. The fourth-order valence-electron chi connectivity index (χ4n) is 3.86. The van der Waals surface area contributed by atoms with Gasteiger partial charge in [-0.2, -0.15) is 13.2 Å². The number of fused-ring (bicyclic) bond motifs is 1.